The summed E-state index contributed by atoms with van der Waals surface area (Å²) < 4.78 is 2.42. The molecule has 5 aromatic carbocycles. The second-order valence-electron chi connectivity index (χ2n) is 10.4. The lowest BCUT2D eigenvalue weighted by Crippen LogP contribution is -2.15. The second kappa shape index (κ2) is 6.49. The third kappa shape index (κ3) is 2.32. The summed E-state index contributed by atoms with van der Waals surface area (Å²) in [6.07, 6.45) is 2.94. The predicted molar refractivity (Wildman–Crippen MR) is 148 cm³/mol. The predicted octanol–water partition coefficient (Wildman–Crippen LogP) is 8.50. The summed E-state index contributed by atoms with van der Waals surface area (Å²) in [5.74, 6) is 0. The summed E-state index contributed by atoms with van der Waals surface area (Å²) in [5, 5.41) is 5.30. The maximum absolute atomic E-state index is 4.77. The summed E-state index contributed by atoms with van der Waals surface area (Å²) in [6.45, 7) is 4.74. The van der Waals surface area contributed by atoms with Crippen molar-refractivity contribution in [1.82, 2.24) is 4.57 Å². The van der Waals surface area contributed by atoms with E-state index in [4.69, 9.17) is 4.99 Å². The van der Waals surface area contributed by atoms with Crippen LogP contribution in [0.25, 0.3) is 49.4 Å². The molecule has 6 aromatic rings. The number of fused-ring (bicyclic) bond motifs is 10. The Hall–Kier alpha value is -4.17. The Bertz CT molecular complexity index is 1900. The van der Waals surface area contributed by atoms with Gasteiger partial charge in [0.05, 0.1) is 22.4 Å². The zero-order valence-corrected chi connectivity index (χ0v) is 19.8. The van der Waals surface area contributed by atoms with Crippen LogP contribution in [0.5, 0.6) is 0 Å². The molecule has 0 amide bonds. The lowest BCUT2D eigenvalue weighted by atomic mass is 9.80. The first-order valence-electron chi connectivity index (χ1n) is 12.4. The Kier molecular flexibility index (Phi) is 3.55. The average molecular weight is 449 g/mol. The molecule has 2 aliphatic rings. The molecule has 35 heavy (non-hydrogen) atoms. The highest BCUT2D eigenvalue weighted by Gasteiger charge is 2.36. The van der Waals surface area contributed by atoms with Crippen LogP contribution in [0.15, 0.2) is 96.0 Å². The van der Waals surface area contributed by atoms with E-state index in [9.17, 15) is 0 Å². The van der Waals surface area contributed by atoms with Gasteiger partial charge in [-0.2, -0.15) is 0 Å². The zero-order valence-electron chi connectivity index (χ0n) is 19.8. The van der Waals surface area contributed by atoms with Crippen LogP contribution in [0.4, 0.5) is 5.69 Å². The number of aliphatic imine (C=N–C) groups is 1. The Labute approximate surface area is 204 Å². The van der Waals surface area contributed by atoms with Gasteiger partial charge in [-0.3, -0.25) is 4.99 Å². The van der Waals surface area contributed by atoms with E-state index >= 15 is 0 Å². The van der Waals surface area contributed by atoms with Gasteiger partial charge in [0.25, 0.3) is 0 Å². The number of para-hydroxylation sites is 2. The molecule has 0 atom stereocenters. The zero-order chi connectivity index (χ0) is 23.3. The van der Waals surface area contributed by atoms with Crippen molar-refractivity contribution in [3.05, 3.63) is 108 Å². The van der Waals surface area contributed by atoms with Crippen LogP contribution in [-0.4, -0.2) is 10.8 Å². The number of hydrogen-bond acceptors (Lipinski definition) is 1. The van der Waals surface area contributed by atoms with Crippen LogP contribution in [0, 0.1) is 0 Å². The summed E-state index contributed by atoms with van der Waals surface area (Å²) in [5.41, 5.74) is 11.6. The highest BCUT2D eigenvalue weighted by Crippen LogP contribution is 2.52. The minimum absolute atomic E-state index is 0.0353. The SMILES string of the molecule is CC1(C)c2ccccc2-c2ccc3c(ccc4c3c3ccccc3n4-c3cccc4c3N=CC4)c21. The van der Waals surface area contributed by atoms with E-state index in [1.165, 1.54) is 60.4 Å². The molecule has 2 nitrogen and oxygen atoms in total. The number of rotatable bonds is 1. The quantitative estimate of drug-likeness (QED) is 0.240. The third-order valence-electron chi connectivity index (χ3n) is 8.22. The van der Waals surface area contributed by atoms with Crippen molar-refractivity contribution < 1.29 is 0 Å². The van der Waals surface area contributed by atoms with Crippen LogP contribution in [-0.2, 0) is 11.8 Å². The van der Waals surface area contributed by atoms with E-state index in [1.807, 2.05) is 6.21 Å². The normalized spacial score (nSPS) is 15.1. The highest BCUT2D eigenvalue weighted by molar-refractivity contribution is 6.23. The van der Waals surface area contributed by atoms with Crippen LogP contribution >= 0.6 is 0 Å². The van der Waals surface area contributed by atoms with Crippen LogP contribution < -0.4 is 0 Å². The fourth-order valence-corrected chi connectivity index (χ4v) is 6.74. The van der Waals surface area contributed by atoms with Crippen molar-refractivity contribution in [2.45, 2.75) is 25.7 Å². The van der Waals surface area contributed by atoms with Crippen molar-refractivity contribution in [1.29, 1.82) is 0 Å². The van der Waals surface area contributed by atoms with E-state index in [1.54, 1.807) is 0 Å². The van der Waals surface area contributed by atoms with Gasteiger partial charge in [-0.15, -0.1) is 0 Å². The summed E-state index contributed by atoms with van der Waals surface area (Å²) >= 11 is 0. The molecule has 166 valence electrons. The van der Waals surface area contributed by atoms with Crippen LogP contribution in [0.1, 0.15) is 30.5 Å². The average Bonchev–Trinajstić information content (AvgIpc) is 3.56. The summed E-state index contributed by atoms with van der Waals surface area (Å²) in [6, 6.07) is 33.6. The summed E-state index contributed by atoms with van der Waals surface area (Å²) in [7, 11) is 0. The van der Waals surface area contributed by atoms with Gasteiger partial charge < -0.3 is 4.57 Å². The van der Waals surface area contributed by atoms with Crippen molar-refractivity contribution in [2.24, 2.45) is 4.99 Å². The van der Waals surface area contributed by atoms with Gasteiger partial charge in [0.15, 0.2) is 0 Å². The van der Waals surface area contributed by atoms with Crippen molar-refractivity contribution in [3.8, 4) is 16.8 Å². The molecule has 8 rings (SSSR count). The molecule has 0 unspecified atom stereocenters. The van der Waals surface area contributed by atoms with Crippen LogP contribution in [0.2, 0.25) is 0 Å². The molecular formula is C33H24N2. The van der Waals surface area contributed by atoms with Crippen molar-refractivity contribution in [2.75, 3.05) is 0 Å². The molecule has 2 heterocycles. The molecule has 0 spiro atoms. The molecule has 0 bridgehead atoms. The van der Waals surface area contributed by atoms with Gasteiger partial charge in [0.1, 0.15) is 0 Å². The van der Waals surface area contributed by atoms with Gasteiger partial charge in [-0.25, -0.2) is 0 Å². The third-order valence-corrected chi connectivity index (χ3v) is 8.22. The topological polar surface area (TPSA) is 17.3 Å². The van der Waals surface area contributed by atoms with Gasteiger partial charge in [0, 0.05) is 28.8 Å². The van der Waals surface area contributed by atoms with Crippen LogP contribution in [0.3, 0.4) is 0 Å². The monoisotopic (exact) mass is 448 g/mol. The lowest BCUT2D eigenvalue weighted by molar-refractivity contribution is 0.666. The van der Waals surface area contributed by atoms with Gasteiger partial charge in [0.2, 0.25) is 0 Å². The molecule has 1 aromatic heterocycles. The Morgan fingerprint density at radius 1 is 0.686 bits per heavy atom. The Balaban J connectivity index is 1.53. The maximum atomic E-state index is 4.77. The molecular weight excluding hydrogens is 424 g/mol. The highest BCUT2D eigenvalue weighted by atomic mass is 15.0. The standard InChI is InChI=1S/C33H24N2/c1-33(2)26-11-5-3-9-21(26)23-15-14-22-24(31(23)33)16-17-28-30(22)25-10-4-6-12-27(25)35(28)29-13-7-8-20-18-19-34-32(20)29/h3-17,19H,18H2,1-2H3. The molecule has 0 saturated heterocycles. The van der Waals surface area contributed by atoms with Crippen molar-refractivity contribution >= 4 is 44.5 Å². The molecule has 0 fully saturated rings. The fraction of sp³-hybridized carbons (Fsp3) is 0.121. The van der Waals surface area contributed by atoms with Gasteiger partial charge in [-0.05, 0) is 56.8 Å². The van der Waals surface area contributed by atoms with Crippen molar-refractivity contribution in [3.63, 3.8) is 0 Å². The van der Waals surface area contributed by atoms with Gasteiger partial charge in [-0.1, -0.05) is 86.6 Å². The minimum atomic E-state index is -0.0353. The molecule has 2 heteroatoms. The number of hydrogen-bond donors (Lipinski definition) is 0. The fourth-order valence-electron chi connectivity index (χ4n) is 6.74. The number of benzene rings is 5. The smallest absolute Gasteiger partial charge is 0.0901 e. The molecule has 0 saturated carbocycles. The lowest BCUT2D eigenvalue weighted by Gasteiger charge is -2.23. The van der Waals surface area contributed by atoms with E-state index in [2.05, 4.69) is 109 Å². The molecule has 1 aliphatic heterocycles. The maximum Gasteiger partial charge on any atom is 0.0901 e. The first kappa shape index (κ1) is 19.2. The molecule has 0 radical (unpaired) electrons. The summed E-state index contributed by atoms with van der Waals surface area (Å²) in [4.78, 5) is 4.77. The minimum Gasteiger partial charge on any atom is -0.307 e. The largest absolute Gasteiger partial charge is 0.307 e. The van der Waals surface area contributed by atoms with E-state index in [-0.39, 0.29) is 5.41 Å². The molecule has 1 aliphatic carbocycles. The Morgan fingerprint density at radius 2 is 1.51 bits per heavy atom. The first-order chi connectivity index (χ1) is 17.1. The Morgan fingerprint density at radius 3 is 2.46 bits per heavy atom. The van der Waals surface area contributed by atoms with E-state index in [0.29, 0.717) is 0 Å². The molecule has 0 N–H and O–H groups in total. The van der Waals surface area contributed by atoms with E-state index in [0.717, 1.165) is 17.8 Å². The number of aromatic nitrogens is 1. The number of nitrogens with zero attached hydrogens (tertiary/aromatic N) is 2. The second-order valence-corrected chi connectivity index (χ2v) is 10.4. The van der Waals surface area contributed by atoms with Gasteiger partial charge >= 0.3 is 0 Å². The van der Waals surface area contributed by atoms with E-state index < -0.39 is 0 Å². The first-order valence-corrected chi connectivity index (χ1v) is 12.4.